The summed E-state index contributed by atoms with van der Waals surface area (Å²) < 4.78 is 1.59. The van der Waals surface area contributed by atoms with E-state index < -0.39 is 4.92 Å². The number of benzene rings is 1. The highest BCUT2D eigenvalue weighted by molar-refractivity contribution is 5.32. The summed E-state index contributed by atoms with van der Waals surface area (Å²) in [6.45, 7) is 1.94. The van der Waals surface area contributed by atoms with E-state index in [1.54, 1.807) is 4.68 Å². The molecule has 0 saturated heterocycles. The van der Waals surface area contributed by atoms with Crippen molar-refractivity contribution in [2.45, 2.75) is 31.8 Å². The molecule has 0 aliphatic heterocycles. The van der Waals surface area contributed by atoms with Crippen LogP contribution in [0.5, 0.6) is 0 Å². The fraction of sp³-hybridized carbons (Fsp3) is 0.471. The highest BCUT2D eigenvalue weighted by atomic mass is 16.6. The van der Waals surface area contributed by atoms with Gasteiger partial charge in [0, 0.05) is 19.1 Å². The number of aliphatic hydroxyl groups is 1. The largest absolute Gasteiger partial charge is 0.395 e. The quantitative estimate of drug-likeness (QED) is 0.621. The van der Waals surface area contributed by atoms with Crippen LogP contribution in [0.1, 0.15) is 30.0 Å². The molecule has 0 radical (unpaired) electrons. The second kappa shape index (κ2) is 7.55. The van der Waals surface area contributed by atoms with E-state index in [0.29, 0.717) is 19.6 Å². The Hall–Kier alpha value is -2.25. The van der Waals surface area contributed by atoms with Gasteiger partial charge in [0.1, 0.15) is 12.4 Å². The van der Waals surface area contributed by atoms with Crippen LogP contribution < -0.4 is 0 Å². The number of aromatic nitrogens is 2. The lowest BCUT2D eigenvalue weighted by Gasteiger charge is -2.35. The van der Waals surface area contributed by atoms with Crippen molar-refractivity contribution >= 4 is 5.69 Å². The molecule has 7 heteroatoms. The molecule has 0 amide bonds. The molecule has 1 heterocycles. The average Bonchev–Trinajstić information content (AvgIpc) is 3.07. The lowest BCUT2D eigenvalue weighted by atomic mass is 9.87. The third-order valence-electron chi connectivity index (χ3n) is 4.61. The summed E-state index contributed by atoms with van der Waals surface area (Å²) in [5.74, 6) is 0. The van der Waals surface area contributed by atoms with E-state index in [1.165, 1.54) is 23.5 Å². The predicted octanol–water partition coefficient (Wildman–Crippen LogP) is 2.16. The summed E-state index contributed by atoms with van der Waals surface area (Å²) >= 11 is 0. The van der Waals surface area contributed by atoms with Crippen LogP contribution >= 0.6 is 0 Å². The topological polar surface area (TPSA) is 84.4 Å². The molecule has 3 rings (SSSR count). The zero-order valence-electron chi connectivity index (χ0n) is 13.5. The van der Waals surface area contributed by atoms with E-state index in [4.69, 9.17) is 0 Å². The highest BCUT2D eigenvalue weighted by Crippen LogP contribution is 2.33. The molecule has 0 bridgehead atoms. The minimum Gasteiger partial charge on any atom is -0.395 e. The molecule has 1 atom stereocenters. The predicted molar refractivity (Wildman–Crippen MR) is 89.7 cm³/mol. The number of hydrogen-bond donors (Lipinski definition) is 1. The zero-order valence-corrected chi connectivity index (χ0v) is 13.5. The third kappa shape index (κ3) is 3.63. The maximum Gasteiger partial charge on any atom is 0.306 e. The molecule has 2 aromatic rings. The zero-order chi connectivity index (χ0) is 16.9. The van der Waals surface area contributed by atoms with Gasteiger partial charge in [0.2, 0.25) is 0 Å². The minimum absolute atomic E-state index is 0.00622. The van der Waals surface area contributed by atoms with E-state index in [0.717, 1.165) is 19.3 Å². The second-order valence-electron chi connectivity index (χ2n) is 6.09. The summed E-state index contributed by atoms with van der Waals surface area (Å²) in [7, 11) is 0. The molecule has 0 fully saturated rings. The molecule has 128 valence electrons. The van der Waals surface area contributed by atoms with E-state index in [-0.39, 0.29) is 18.3 Å². The van der Waals surface area contributed by atoms with Gasteiger partial charge in [-0.3, -0.25) is 19.7 Å². The Labute approximate surface area is 140 Å². The van der Waals surface area contributed by atoms with E-state index in [1.807, 2.05) is 0 Å². The van der Waals surface area contributed by atoms with Gasteiger partial charge in [-0.2, -0.15) is 5.10 Å². The Morgan fingerprint density at radius 1 is 1.38 bits per heavy atom. The maximum atomic E-state index is 10.7. The average molecular weight is 330 g/mol. The first-order chi connectivity index (χ1) is 11.7. The molecule has 0 saturated carbocycles. The molecule has 0 spiro atoms. The van der Waals surface area contributed by atoms with Gasteiger partial charge >= 0.3 is 5.69 Å². The first kappa shape index (κ1) is 16.6. The van der Waals surface area contributed by atoms with Crippen molar-refractivity contribution < 1.29 is 10.0 Å². The van der Waals surface area contributed by atoms with Crippen LogP contribution in [0.4, 0.5) is 5.69 Å². The Morgan fingerprint density at radius 2 is 2.21 bits per heavy atom. The van der Waals surface area contributed by atoms with Gasteiger partial charge in [0.25, 0.3) is 0 Å². The van der Waals surface area contributed by atoms with Crippen molar-refractivity contribution in [2.24, 2.45) is 0 Å². The number of nitrogens with zero attached hydrogens (tertiary/aromatic N) is 4. The molecule has 1 aliphatic carbocycles. The molecular weight excluding hydrogens is 308 g/mol. The monoisotopic (exact) mass is 330 g/mol. The fourth-order valence-corrected chi connectivity index (χ4v) is 3.46. The Morgan fingerprint density at radius 3 is 2.96 bits per heavy atom. The van der Waals surface area contributed by atoms with Crippen molar-refractivity contribution in [3.63, 3.8) is 0 Å². The van der Waals surface area contributed by atoms with Gasteiger partial charge in [-0.05, 0) is 30.4 Å². The van der Waals surface area contributed by atoms with E-state index in [2.05, 4.69) is 34.3 Å². The van der Waals surface area contributed by atoms with Crippen LogP contribution in [0.2, 0.25) is 0 Å². The Bertz CT molecular complexity index is 701. The first-order valence-electron chi connectivity index (χ1n) is 8.28. The molecule has 24 heavy (non-hydrogen) atoms. The number of hydrogen-bond acceptors (Lipinski definition) is 5. The van der Waals surface area contributed by atoms with Crippen LogP contribution in [-0.2, 0) is 13.0 Å². The maximum absolute atomic E-state index is 10.7. The lowest BCUT2D eigenvalue weighted by molar-refractivity contribution is -0.385. The third-order valence-corrected chi connectivity index (χ3v) is 4.61. The van der Waals surface area contributed by atoms with Crippen LogP contribution in [0.3, 0.4) is 0 Å². The molecular formula is C17H22N4O3. The molecule has 1 aromatic carbocycles. The number of fused-ring (bicyclic) bond motifs is 1. The number of nitro groups is 1. The van der Waals surface area contributed by atoms with Gasteiger partial charge in [-0.15, -0.1) is 0 Å². The van der Waals surface area contributed by atoms with Gasteiger partial charge in [0.05, 0.1) is 18.1 Å². The highest BCUT2D eigenvalue weighted by Gasteiger charge is 2.25. The standard InChI is InChI=1S/C17H22N4O3/c22-11-10-19(8-9-20-13-15(12-18-20)21(23)24)17-7-3-5-14-4-1-2-6-16(14)17/h1-2,4,6,12-13,17,22H,3,5,7-11H2. The number of aliphatic hydroxyl groups excluding tert-OH is 1. The smallest absolute Gasteiger partial charge is 0.306 e. The number of aryl methyl sites for hydroxylation is 1. The van der Waals surface area contributed by atoms with Crippen LogP contribution in [0.25, 0.3) is 0 Å². The lowest BCUT2D eigenvalue weighted by Crippen LogP contribution is -2.36. The van der Waals surface area contributed by atoms with Gasteiger partial charge in [0.15, 0.2) is 0 Å². The van der Waals surface area contributed by atoms with E-state index in [9.17, 15) is 15.2 Å². The molecule has 1 aromatic heterocycles. The Kier molecular flexibility index (Phi) is 5.22. The van der Waals surface area contributed by atoms with Gasteiger partial charge in [-0.25, -0.2) is 0 Å². The summed E-state index contributed by atoms with van der Waals surface area (Å²) in [6, 6.07) is 8.76. The van der Waals surface area contributed by atoms with Gasteiger partial charge < -0.3 is 5.11 Å². The summed E-state index contributed by atoms with van der Waals surface area (Å²) in [4.78, 5) is 12.6. The van der Waals surface area contributed by atoms with Gasteiger partial charge in [-0.1, -0.05) is 24.3 Å². The van der Waals surface area contributed by atoms with Crippen LogP contribution in [-0.4, -0.2) is 44.4 Å². The Balaban J connectivity index is 1.72. The molecule has 1 aliphatic rings. The van der Waals surface area contributed by atoms with Crippen molar-refractivity contribution in [2.75, 3.05) is 19.7 Å². The minimum atomic E-state index is -0.438. The second-order valence-corrected chi connectivity index (χ2v) is 6.09. The summed E-state index contributed by atoms with van der Waals surface area (Å²) in [5.41, 5.74) is 2.72. The van der Waals surface area contributed by atoms with Crippen molar-refractivity contribution in [1.29, 1.82) is 0 Å². The van der Waals surface area contributed by atoms with Crippen molar-refractivity contribution in [1.82, 2.24) is 14.7 Å². The van der Waals surface area contributed by atoms with Crippen molar-refractivity contribution in [3.8, 4) is 0 Å². The van der Waals surface area contributed by atoms with Crippen LogP contribution in [0, 0.1) is 10.1 Å². The van der Waals surface area contributed by atoms with Crippen molar-refractivity contribution in [3.05, 3.63) is 57.9 Å². The number of rotatable bonds is 7. The fourth-order valence-electron chi connectivity index (χ4n) is 3.46. The molecule has 1 N–H and O–H groups in total. The first-order valence-corrected chi connectivity index (χ1v) is 8.28. The van der Waals surface area contributed by atoms with Crippen LogP contribution in [0.15, 0.2) is 36.7 Å². The summed E-state index contributed by atoms with van der Waals surface area (Å²) in [5, 5.41) is 24.2. The normalized spacial score (nSPS) is 17.0. The summed E-state index contributed by atoms with van der Waals surface area (Å²) in [6.07, 6.45) is 6.02. The van der Waals surface area contributed by atoms with E-state index >= 15 is 0 Å². The molecule has 1 unspecified atom stereocenters. The SMILES string of the molecule is O=[N+]([O-])c1cnn(CCN(CCO)C2CCCc3ccccc32)c1. The molecule has 7 nitrogen and oxygen atoms in total.